The van der Waals surface area contributed by atoms with Crippen LogP contribution in [0.4, 0.5) is 0 Å². The van der Waals surface area contributed by atoms with Crippen molar-refractivity contribution in [3.8, 4) is 0 Å². The van der Waals surface area contributed by atoms with Gasteiger partial charge in [0.25, 0.3) is 0 Å². The third-order valence-electron chi connectivity index (χ3n) is 3.97. The lowest BCUT2D eigenvalue weighted by Gasteiger charge is -2.06. The van der Waals surface area contributed by atoms with Crippen LogP contribution in [0.25, 0.3) is 0 Å². The first-order valence-electron chi connectivity index (χ1n) is 9.35. The molecule has 6 heteroatoms. The molecule has 6 nitrogen and oxygen atoms in total. The van der Waals surface area contributed by atoms with Crippen LogP contribution in [0.15, 0.2) is 71.0 Å². The lowest BCUT2D eigenvalue weighted by molar-refractivity contribution is -0.136. The van der Waals surface area contributed by atoms with Crippen molar-refractivity contribution < 1.29 is 19.6 Å². The van der Waals surface area contributed by atoms with E-state index >= 15 is 0 Å². The van der Waals surface area contributed by atoms with Crippen molar-refractivity contribution in [1.29, 1.82) is 0 Å². The molecule has 0 aliphatic heterocycles. The number of oxime groups is 2. The molecule has 2 aromatic rings. The van der Waals surface area contributed by atoms with Crippen LogP contribution in [0, 0.1) is 0 Å². The van der Waals surface area contributed by atoms with Gasteiger partial charge in [-0.1, -0.05) is 71.0 Å². The predicted octanol–water partition coefficient (Wildman–Crippen LogP) is 4.49. The molecular formula is C22H26N2O4. The predicted molar refractivity (Wildman–Crippen MR) is 110 cm³/mol. The van der Waals surface area contributed by atoms with Crippen LogP contribution >= 0.6 is 0 Å². The zero-order chi connectivity index (χ0) is 20.0. The highest BCUT2D eigenvalue weighted by Crippen LogP contribution is 2.08. The van der Waals surface area contributed by atoms with Gasteiger partial charge in [0.2, 0.25) is 0 Å². The van der Waals surface area contributed by atoms with Crippen LogP contribution in [0.1, 0.15) is 43.7 Å². The fourth-order valence-electron chi connectivity index (χ4n) is 2.43. The van der Waals surface area contributed by atoms with Gasteiger partial charge in [0.15, 0.2) is 0 Å². The highest BCUT2D eigenvalue weighted by atomic mass is 16.6. The van der Waals surface area contributed by atoms with Gasteiger partial charge in [-0.05, 0) is 30.9 Å². The maximum absolute atomic E-state index is 10.8. The standard InChI is InChI=1S/C22H26N2O4/c1-18(19-10-4-2-5-11-19)23-27-16-8-9-17-28-24-21(14-15-22(25)26)20-12-6-3-7-13-20/h2-7,10-13H,8-9,14-17H2,1H3,(H,25,26)/b23-18+,24-21-. The summed E-state index contributed by atoms with van der Waals surface area (Å²) in [7, 11) is 0. The Bertz CT molecular complexity index is 774. The monoisotopic (exact) mass is 382 g/mol. The quantitative estimate of drug-likeness (QED) is 0.333. The first-order chi connectivity index (χ1) is 13.7. The summed E-state index contributed by atoms with van der Waals surface area (Å²) in [5.41, 5.74) is 3.39. The molecule has 0 saturated carbocycles. The van der Waals surface area contributed by atoms with E-state index in [2.05, 4.69) is 10.3 Å². The Morgan fingerprint density at radius 1 is 0.821 bits per heavy atom. The fourth-order valence-corrected chi connectivity index (χ4v) is 2.43. The Morgan fingerprint density at radius 3 is 1.93 bits per heavy atom. The molecule has 0 amide bonds. The third-order valence-corrected chi connectivity index (χ3v) is 3.97. The van der Waals surface area contributed by atoms with Gasteiger partial charge in [-0.3, -0.25) is 4.79 Å². The number of benzene rings is 2. The van der Waals surface area contributed by atoms with Gasteiger partial charge >= 0.3 is 5.97 Å². The fraction of sp³-hybridized carbons (Fsp3) is 0.318. The van der Waals surface area contributed by atoms with Crippen molar-refractivity contribution in [2.45, 2.75) is 32.6 Å². The number of carboxylic acid groups (broad SMARTS) is 1. The number of rotatable bonds is 12. The summed E-state index contributed by atoms with van der Waals surface area (Å²) in [6, 6.07) is 19.3. The average Bonchev–Trinajstić information content (AvgIpc) is 2.73. The van der Waals surface area contributed by atoms with Crippen molar-refractivity contribution in [1.82, 2.24) is 0 Å². The molecule has 0 radical (unpaired) electrons. The van der Waals surface area contributed by atoms with Gasteiger partial charge in [0, 0.05) is 6.42 Å². The Kier molecular flexibility index (Phi) is 9.27. The van der Waals surface area contributed by atoms with E-state index in [9.17, 15) is 4.79 Å². The van der Waals surface area contributed by atoms with Gasteiger partial charge in [-0.25, -0.2) is 0 Å². The average molecular weight is 382 g/mol. The first kappa shape index (κ1) is 21.2. The zero-order valence-electron chi connectivity index (χ0n) is 16.1. The molecule has 1 N–H and O–H groups in total. The summed E-state index contributed by atoms with van der Waals surface area (Å²) in [5.74, 6) is -0.855. The van der Waals surface area contributed by atoms with Crippen molar-refractivity contribution in [3.05, 3.63) is 71.8 Å². The Labute approximate surface area is 165 Å². The summed E-state index contributed by atoms with van der Waals surface area (Å²) < 4.78 is 0. The molecule has 0 aliphatic carbocycles. The van der Waals surface area contributed by atoms with Crippen molar-refractivity contribution in [2.75, 3.05) is 13.2 Å². The maximum Gasteiger partial charge on any atom is 0.303 e. The lowest BCUT2D eigenvalue weighted by atomic mass is 10.1. The Balaban J connectivity index is 1.70. The molecule has 0 bridgehead atoms. The number of aliphatic carboxylic acids is 1. The van der Waals surface area contributed by atoms with Crippen LogP contribution in [-0.2, 0) is 14.5 Å². The van der Waals surface area contributed by atoms with Gasteiger partial charge in [0.1, 0.15) is 13.2 Å². The second-order valence-electron chi connectivity index (χ2n) is 6.21. The minimum atomic E-state index is -0.855. The maximum atomic E-state index is 10.8. The highest BCUT2D eigenvalue weighted by molar-refractivity contribution is 6.01. The Hall–Kier alpha value is -3.15. The smallest absolute Gasteiger partial charge is 0.303 e. The molecule has 2 rings (SSSR count). The van der Waals surface area contributed by atoms with E-state index in [0.29, 0.717) is 25.3 Å². The summed E-state index contributed by atoms with van der Waals surface area (Å²) >= 11 is 0. The molecule has 2 aromatic carbocycles. The molecule has 0 atom stereocenters. The normalized spacial score (nSPS) is 11.9. The van der Waals surface area contributed by atoms with Crippen LogP contribution in [0.5, 0.6) is 0 Å². The molecule has 0 unspecified atom stereocenters. The van der Waals surface area contributed by atoms with E-state index in [1.54, 1.807) is 0 Å². The third kappa shape index (κ3) is 8.03. The van der Waals surface area contributed by atoms with Gasteiger partial charge < -0.3 is 14.8 Å². The second-order valence-corrected chi connectivity index (χ2v) is 6.21. The molecular weight excluding hydrogens is 356 g/mol. The van der Waals surface area contributed by atoms with Crippen molar-refractivity contribution >= 4 is 17.4 Å². The molecule has 0 saturated heterocycles. The summed E-state index contributed by atoms with van der Waals surface area (Å²) in [6.07, 6.45) is 1.90. The van der Waals surface area contributed by atoms with Crippen LogP contribution in [0.3, 0.4) is 0 Å². The number of carbonyl (C=O) groups is 1. The highest BCUT2D eigenvalue weighted by Gasteiger charge is 2.07. The summed E-state index contributed by atoms with van der Waals surface area (Å²) in [6.45, 7) is 2.85. The van der Waals surface area contributed by atoms with E-state index < -0.39 is 5.97 Å². The number of hydrogen-bond donors (Lipinski definition) is 1. The van der Waals surface area contributed by atoms with Gasteiger partial charge in [-0.2, -0.15) is 0 Å². The summed E-state index contributed by atoms with van der Waals surface area (Å²) in [4.78, 5) is 21.6. The van der Waals surface area contributed by atoms with Crippen molar-refractivity contribution in [2.24, 2.45) is 10.3 Å². The first-order valence-corrected chi connectivity index (χ1v) is 9.35. The zero-order valence-corrected chi connectivity index (χ0v) is 16.1. The molecule has 0 heterocycles. The number of unbranched alkanes of at least 4 members (excludes halogenated alkanes) is 1. The minimum absolute atomic E-state index is 0.0176. The van der Waals surface area contributed by atoms with E-state index in [0.717, 1.165) is 29.7 Å². The van der Waals surface area contributed by atoms with Crippen LogP contribution < -0.4 is 0 Å². The SMILES string of the molecule is C/C(=N\OCCCCO/N=C(/CCC(=O)O)c1ccccc1)c1ccccc1. The number of carboxylic acids is 1. The van der Waals surface area contributed by atoms with Crippen LogP contribution in [0.2, 0.25) is 0 Å². The summed E-state index contributed by atoms with van der Waals surface area (Å²) in [5, 5.41) is 17.1. The molecule has 0 fully saturated rings. The van der Waals surface area contributed by atoms with Crippen LogP contribution in [-0.4, -0.2) is 35.7 Å². The van der Waals surface area contributed by atoms with E-state index in [4.69, 9.17) is 14.8 Å². The molecule has 0 aromatic heterocycles. The number of nitrogens with zero attached hydrogens (tertiary/aromatic N) is 2. The Morgan fingerprint density at radius 2 is 1.36 bits per heavy atom. The minimum Gasteiger partial charge on any atom is -0.481 e. The largest absolute Gasteiger partial charge is 0.481 e. The molecule has 0 spiro atoms. The second kappa shape index (κ2) is 12.3. The molecule has 148 valence electrons. The molecule has 0 aliphatic rings. The van der Waals surface area contributed by atoms with E-state index in [1.165, 1.54) is 0 Å². The van der Waals surface area contributed by atoms with E-state index in [-0.39, 0.29) is 6.42 Å². The van der Waals surface area contributed by atoms with Gasteiger partial charge in [-0.15, -0.1) is 0 Å². The van der Waals surface area contributed by atoms with Gasteiger partial charge in [0.05, 0.1) is 17.8 Å². The lowest BCUT2D eigenvalue weighted by Crippen LogP contribution is -2.06. The van der Waals surface area contributed by atoms with Crippen molar-refractivity contribution in [3.63, 3.8) is 0 Å². The number of hydrogen-bond acceptors (Lipinski definition) is 5. The topological polar surface area (TPSA) is 80.5 Å². The molecule has 28 heavy (non-hydrogen) atoms. The van der Waals surface area contributed by atoms with E-state index in [1.807, 2.05) is 67.6 Å².